The number of halogens is 2. The molecule has 0 amide bonds. The van der Waals surface area contributed by atoms with Crippen LogP contribution in [0.5, 0.6) is 0 Å². The average Bonchev–Trinajstić information content (AvgIpc) is 2.41. The van der Waals surface area contributed by atoms with E-state index in [-0.39, 0.29) is 15.7 Å². The van der Waals surface area contributed by atoms with Gasteiger partial charge in [0.05, 0.1) is 9.92 Å². The first-order chi connectivity index (χ1) is 8.93. The molecule has 0 aliphatic heterocycles. The molecule has 1 aromatic heterocycles. The highest BCUT2D eigenvalue weighted by atomic mass is 35.5. The monoisotopic (exact) mass is 300 g/mol. The van der Waals surface area contributed by atoms with Crippen molar-refractivity contribution in [1.82, 2.24) is 4.98 Å². The molecule has 0 saturated heterocycles. The van der Waals surface area contributed by atoms with E-state index in [4.69, 9.17) is 11.6 Å². The minimum atomic E-state index is -3.81. The first-order valence-electron chi connectivity index (χ1n) is 5.28. The zero-order valence-corrected chi connectivity index (χ0v) is 11.5. The number of hydrogen-bond donors (Lipinski definition) is 0. The summed E-state index contributed by atoms with van der Waals surface area (Å²) in [5.74, 6) is -0.399. The van der Waals surface area contributed by atoms with Crippen LogP contribution in [0, 0.1) is 5.82 Å². The summed E-state index contributed by atoms with van der Waals surface area (Å²) in [7, 11) is -2.44. The molecular formula is C12H10ClFN2O2S. The van der Waals surface area contributed by atoms with Crippen molar-refractivity contribution in [3.63, 3.8) is 0 Å². The summed E-state index contributed by atoms with van der Waals surface area (Å²) in [6, 6.07) is 8.16. The van der Waals surface area contributed by atoms with Crippen LogP contribution in [0.2, 0.25) is 5.02 Å². The SMILES string of the molecule is CN(c1ccccn1)S(=O)(=O)c1ccc(F)c(Cl)c1. The summed E-state index contributed by atoms with van der Waals surface area (Å²) in [6.07, 6.45) is 1.49. The molecule has 100 valence electrons. The third kappa shape index (κ3) is 2.69. The quantitative estimate of drug-likeness (QED) is 0.875. The predicted octanol–water partition coefficient (Wildman–Crippen LogP) is 2.70. The molecule has 0 unspecified atom stereocenters. The van der Waals surface area contributed by atoms with Gasteiger partial charge in [-0.15, -0.1) is 0 Å². The number of rotatable bonds is 3. The second-order valence-electron chi connectivity index (χ2n) is 3.74. The van der Waals surface area contributed by atoms with Gasteiger partial charge in [-0.2, -0.15) is 0 Å². The lowest BCUT2D eigenvalue weighted by molar-refractivity contribution is 0.592. The van der Waals surface area contributed by atoms with E-state index in [0.717, 1.165) is 22.5 Å². The maximum Gasteiger partial charge on any atom is 0.265 e. The number of anilines is 1. The Hall–Kier alpha value is -1.66. The Morgan fingerprint density at radius 3 is 2.58 bits per heavy atom. The Morgan fingerprint density at radius 2 is 2.00 bits per heavy atom. The van der Waals surface area contributed by atoms with Crippen LogP contribution < -0.4 is 4.31 Å². The molecule has 2 rings (SSSR count). The normalized spacial score (nSPS) is 11.3. The van der Waals surface area contributed by atoms with E-state index in [0.29, 0.717) is 0 Å². The second kappa shape index (κ2) is 5.14. The van der Waals surface area contributed by atoms with Gasteiger partial charge in [0, 0.05) is 13.2 Å². The van der Waals surface area contributed by atoms with Crippen molar-refractivity contribution in [2.45, 2.75) is 4.90 Å². The zero-order valence-electron chi connectivity index (χ0n) is 9.92. The molecule has 0 atom stereocenters. The highest BCUT2D eigenvalue weighted by molar-refractivity contribution is 7.92. The maximum absolute atomic E-state index is 13.1. The van der Waals surface area contributed by atoms with Gasteiger partial charge in [-0.25, -0.2) is 17.8 Å². The fourth-order valence-corrected chi connectivity index (χ4v) is 2.88. The summed E-state index contributed by atoms with van der Waals surface area (Å²) in [5, 5.41) is -0.240. The molecule has 7 heteroatoms. The molecule has 2 aromatic rings. The lowest BCUT2D eigenvalue weighted by Gasteiger charge is -2.18. The van der Waals surface area contributed by atoms with Gasteiger partial charge in [-0.3, -0.25) is 4.31 Å². The number of benzene rings is 1. The topological polar surface area (TPSA) is 50.3 Å². The predicted molar refractivity (Wildman–Crippen MR) is 71.2 cm³/mol. The first kappa shape index (κ1) is 13.8. The minimum absolute atomic E-state index is 0.0907. The molecule has 0 N–H and O–H groups in total. The van der Waals surface area contributed by atoms with Gasteiger partial charge in [-0.05, 0) is 30.3 Å². The van der Waals surface area contributed by atoms with Gasteiger partial charge in [0.1, 0.15) is 11.6 Å². The van der Waals surface area contributed by atoms with Crippen molar-refractivity contribution in [3.8, 4) is 0 Å². The van der Waals surface area contributed by atoms with E-state index in [2.05, 4.69) is 4.98 Å². The maximum atomic E-state index is 13.1. The number of sulfonamides is 1. The van der Waals surface area contributed by atoms with Crippen LogP contribution in [0.15, 0.2) is 47.5 Å². The van der Waals surface area contributed by atoms with Crippen molar-refractivity contribution < 1.29 is 12.8 Å². The van der Waals surface area contributed by atoms with Gasteiger partial charge in [0.25, 0.3) is 10.0 Å². The minimum Gasteiger partial charge on any atom is -0.253 e. The molecule has 0 aliphatic carbocycles. The third-order valence-corrected chi connectivity index (χ3v) is 4.57. The van der Waals surface area contributed by atoms with E-state index in [1.807, 2.05) is 0 Å². The number of hydrogen-bond acceptors (Lipinski definition) is 3. The van der Waals surface area contributed by atoms with Crippen LogP contribution in [-0.2, 0) is 10.0 Å². The van der Waals surface area contributed by atoms with Crippen LogP contribution in [-0.4, -0.2) is 20.4 Å². The van der Waals surface area contributed by atoms with Crippen LogP contribution in [0.1, 0.15) is 0 Å². The van der Waals surface area contributed by atoms with Crippen molar-refractivity contribution in [3.05, 3.63) is 53.4 Å². The number of pyridine rings is 1. The highest BCUT2D eigenvalue weighted by Crippen LogP contribution is 2.23. The molecule has 1 heterocycles. The summed E-state index contributed by atoms with van der Waals surface area (Å²) in [5.41, 5.74) is 0. The Kier molecular flexibility index (Phi) is 3.73. The van der Waals surface area contributed by atoms with E-state index in [9.17, 15) is 12.8 Å². The first-order valence-corrected chi connectivity index (χ1v) is 7.10. The van der Waals surface area contributed by atoms with Crippen LogP contribution in [0.4, 0.5) is 10.2 Å². The molecule has 0 aliphatic rings. The smallest absolute Gasteiger partial charge is 0.253 e. The summed E-state index contributed by atoms with van der Waals surface area (Å²) in [6.45, 7) is 0. The Balaban J connectivity index is 2.45. The van der Waals surface area contributed by atoms with Crippen molar-refractivity contribution in [2.24, 2.45) is 0 Å². The van der Waals surface area contributed by atoms with E-state index in [1.54, 1.807) is 18.2 Å². The zero-order chi connectivity index (χ0) is 14.0. The molecule has 19 heavy (non-hydrogen) atoms. The van der Waals surface area contributed by atoms with Crippen LogP contribution >= 0.6 is 11.6 Å². The molecule has 0 bridgehead atoms. The van der Waals surface area contributed by atoms with E-state index < -0.39 is 15.8 Å². The Morgan fingerprint density at radius 1 is 1.26 bits per heavy atom. The van der Waals surface area contributed by atoms with Gasteiger partial charge in [0.15, 0.2) is 0 Å². The van der Waals surface area contributed by atoms with Crippen molar-refractivity contribution >= 4 is 27.4 Å². The van der Waals surface area contributed by atoms with Crippen molar-refractivity contribution in [2.75, 3.05) is 11.4 Å². The second-order valence-corrected chi connectivity index (χ2v) is 6.11. The molecule has 0 saturated carbocycles. The average molecular weight is 301 g/mol. The Bertz CT molecular complexity index is 692. The molecular weight excluding hydrogens is 291 g/mol. The van der Waals surface area contributed by atoms with Crippen LogP contribution in [0.3, 0.4) is 0 Å². The fraction of sp³-hybridized carbons (Fsp3) is 0.0833. The highest BCUT2D eigenvalue weighted by Gasteiger charge is 2.22. The standard InChI is InChI=1S/C12H10ClFN2O2S/c1-16(12-4-2-3-7-15-12)19(17,18)9-5-6-11(14)10(13)8-9/h2-8H,1H3. The van der Waals surface area contributed by atoms with E-state index in [1.165, 1.54) is 13.2 Å². The van der Waals surface area contributed by atoms with Gasteiger partial charge in [-0.1, -0.05) is 17.7 Å². The number of aromatic nitrogens is 1. The molecule has 1 aromatic carbocycles. The molecule has 4 nitrogen and oxygen atoms in total. The van der Waals surface area contributed by atoms with Gasteiger partial charge in [0.2, 0.25) is 0 Å². The van der Waals surface area contributed by atoms with Gasteiger partial charge < -0.3 is 0 Å². The molecule has 0 fully saturated rings. The lowest BCUT2D eigenvalue weighted by atomic mass is 10.3. The molecule has 0 radical (unpaired) electrons. The summed E-state index contributed by atoms with van der Waals surface area (Å²) in [4.78, 5) is 3.86. The fourth-order valence-electron chi connectivity index (χ4n) is 1.46. The Labute approximate surface area is 115 Å². The largest absolute Gasteiger partial charge is 0.265 e. The third-order valence-electron chi connectivity index (χ3n) is 2.52. The van der Waals surface area contributed by atoms with Crippen LogP contribution in [0.25, 0.3) is 0 Å². The van der Waals surface area contributed by atoms with Gasteiger partial charge >= 0.3 is 0 Å². The summed E-state index contributed by atoms with van der Waals surface area (Å²) >= 11 is 5.60. The molecule has 0 spiro atoms. The lowest BCUT2D eigenvalue weighted by Crippen LogP contribution is -2.27. The summed E-state index contributed by atoms with van der Waals surface area (Å²) < 4.78 is 38.7. The van der Waals surface area contributed by atoms with E-state index >= 15 is 0 Å². The number of nitrogens with zero attached hydrogens (tertiary/aromatic N) is 2. The van der Waals surface area contributed by atoms with Crippen molar-refractivity contribution in [1.29, 1.82) is 0 Å².